The van der Waals surface area contributed by atoms with Crippen molar-refractivity contribution in [2.45, 2.75) is 70.9 Å². The van der Waals surface area contributed by atoms with Gasteiger partial charge in [-0.05, 0) is 37.6 Å². The van der Waals surface area contributed by atoms with E-state index in [-0.39, 0.29) is 17.2 Å². The lowest BCUT2D eigenvalue weighted by molar-refractivity contribution is -0.0214. The Kier molecular flexibility index (Phi) is 5.17. The fourth-order valence-electron chi connectivity index (χ4n) is 2.93. The van der Waals surface area contributed by atoms with Gasteiger partial charge in [-0.15, -0.1) is 4.28 Å². The lowest BCUT2D eigenvalue weighted by Gasteiger charge is -2.42. The lowest BCUT2D eigenvalue weighted by atomic mass is 9.99. The third kappa shape index (κ3) is 4.08. The maximum absolute atomic E-state index is 12.6. The van der Waals surface area contributed by atoms with Crippen LogP contribution in [0.15, 0.2) is 11.6 Å². The van der Waals surface area contributed by atoms with Crippen molar-refractivity contribution in [1.82, 2.24) is 9.96 Å². The molecule has 10 heteroatoms. The summed E-state index contributed by atoms with van der Waals surface area (Å²) in [4.78, 5) is 14.1. The fraction of sp³-hybridized carbons (Fsp3) is 0.800. The van der Waals surface area contributed by atoms with Crippen molar-refractivity contribution in [2.24, 2.45) is 0 Å². The highest BCUT2D eigenvalue weighted by atomic mass is 32.3. The van der Waals surface area contributed by atoms with Crippen molar-refractivity contribution in [3.05, 3.63) is 11.6 Å². The molecule has 1 saturated heterocycles. The van der Waals surface area contributed by atoms with Crippen LogP contribution in [0.3, 0.4) is 0 Å². The first kappa shape index (κ1) is 20.4. The zero-order chi connectivity index (χ0) is 19.4. The molecule has 0 radical (unpaired) electrons. The van der Waals surface area contributed by atoms with E-state index < -0.39 is 30.8 Å². The minimum atomic E-state index is -4.76. The number of urea groups is 1. The smallest absolute Gasteiger partial charge is 0.412 e. The van der Waals surface area contributed by atoms with Crippen LogP contribution in [0, 0.1) is 0 Å². The topological polar surface area (TPSA) is 96.4 Å². The number of hydrogen-bond acceptors (Lipinski definition) is 5. The van der Waals surface area contributed by atoms with Crippen molar-refractivity contribution in [1.29, 1.82) is 0 Å². The van der Waals surface area contributed by atoms with Crippen molar-refractivity contribution in [3.8, 4) is 0 Å². The number of hydrogen-bond donors (Lipinski definition) is 1. The van der Waals surface area contributed by atoms with E-state index in [9.17, 15) is 13.2 Å². The average Bonchev–Trinajstić information content (AvgIpc) is 2.66. The monoisotopic (exact) mass is 392 g/mol. The number of carbonyl (C=O) groups excluding carboxylic acids is 1. The zero-order valence-corrected chi connectivity index (χ0v) is 17.6. The highest BCUT2D eigenvalue weighted by molar-refractivity contribution is 7.80. The maximum Gasteiger partial charge on any atom is 0.418 e. The van der Waals surface area contributed by atoms with Crippen LogP contribution in [0.1, 0.15) is 34.6 Å². The minimum absolute atomic E-state index is 0.0341. The molecule has 1 fully saturated rings. The van der Waals surface area contributed by atoms with E-state index in [4.69, 9.17) is 8.98 Å². The number of rotatable bonds is 5. The first-order valence-corrected chi connectivity index (χ1v) is 12.5. The summed E-state index contributed by atoms with van der Waals surface area (Å²) >= 11 is 0. The van der Waals surface area contributed by atoms with Gasteiger partial charge in [0.1, 0.15) is 6.04 Å². The van der Waals surface area contributed by atoms with Crippen LogP contribution in [-0.2, 0) is 19.1 Å². The molecule has 8 nitrogen and oxygen atoms in total. The molecule has 0 saturated carbocycles. The predicted octanol–water partition coefficient (Wildman–Crippen LogP) is 2.57. The van der Waals surface area contributed by atoms with E-state index in [0.29, 0.717) is 6.54 Å². The molecule has 2 aliphatic heterocycles. The molecular formula is C15H28N2O6SSi. The van der Waals surface area contributed by atoms with Gasteiger partial charge in [0.05, 0.1) is 18.7 Å². The Morgan fingerprint density at radius 1 is 1.36 bits per heavy atom. The van der Waals surface area contributed by atoms with Crippen LogP contribution >= 0.6 is 0 Å². The molecule has 2 aliphatic rings. The van der Waals surface area contributed by atoms with Gasteiger partial charge >= 0.3 is 16.4 Å². The predicted molar refractivity (Wildman–Crippen MR) is 95.7 cm³/mol. The third-order valence-corrected chi connectivity index (χ3v) is 10.3. The molecular weight excluding hydrogens is 364 g/mol. The van der Waals surface area contributed by atoms with Gasteiger partial charge in [0.2, 0.25) is 0 Å². The van der Waals surface area contributed by atoms with Gasteiger partial charge in [0, 0.05) is 0 Å². The number of fused-ring (bicyclic) bond motifs is 2. The molecule has 144 valence electrons. The Hall–Kier alpha value is -0.943. The summed E-state index contributed by atoms with van der Waals surface area (Å²) in [5, 5.41) is 0.757. The van der Waals surface area contributed by atoms with E-state index >= 15 is 0 Å². The van der Waals surface area contributed by atoms with Gasteiger partial charge in [-0.3, -0.25) is 4.55 Å². The molecule has 2 heterocycles. The van der Waals surface area contributed by atoms with Gasteiger partial charge in [-0.25, -0.2) is 4.79 Å². The van der Waals surface area contributed by atoms with Crippen LogP contribution in [0.25, 0.3) is 0 Å². The SMILES string of the molecule is CC1=CC(C(C)O[Si](C)(C)C(C)(C)C)N2CC1N(OS(=O)(=O)O)C2=O. The van der Waals surface area contributed by atoms with Gasteiger partial charge in [0.25, 0.3) is 0 Å². The Bertz CT molecular complexity index is 685. The van der Waals surface area contributed by atoms with Crippen molar-refractivity contribution >= 4 is 24.7 Å². The standard InChI is InChI=1S/C15H28N2O6SSi/c1-10-8-12(11(2)22-25(6,7)15(3,4)5)16-9-13(10)17(14(16)18)23-24(19,20)21/h8,11-13H,9H2,1-7H3,(H,19,20,21). The summed E-state index contributed by atoms with van der Waals surface area (Å²) in [6, 6.07) is -1.44. The van der Waals surface area contributed by atoms with Crippen LogP contribution in [-0.4, -0.2) is 62.0 Å². The van der Waals surface area contributed by atoms with Gasteiger partial charge < -0.3 is 9.33 Å². The Morgan fingerprint density at radius 3 is 2.40 bits per heavy atom. The summed E-state index contributed by atoms with van der Waals surface area (Å²) in [6.45, 7) is 14.8. The van der Waals surface area contributed by atoms with Gasteiger partial charge in [0.15, 0.2) is 8.32 Å². The van der Waals surface area contributed by atoms with Crippen LogP contribution in [0.4, 0.5) is 4.79 Å². The Labute approximate surface area is 150 Å². The van der Waals surface area contributed by atoms with Gasteiger partial charge in [-0.2, -0.15) is 13.5 Å². The van der Waals surface area contributed by atoms with E-state index in [1.54, 1.807) is 0 Å². The number of amides is 2. The molecule has 2 rings (SSSR count). The second-order valence-corrected chi connectivity index (χ2v) is 14.0. The molecule has 2 bridgehead atoms. The largest absolute Gasteiger partial charge is 0.418 e. The molecule has 0 aliphatic carbocycles. The molecule has 3 atom stereocenters. The van der Waals surface area contributed by atoms with E-state index in [1.165, 1.54) is 4.90 Å². The molecule has 25 heavy (non-hydrogen) atoms. The number of nitrogens with zero attached hydrogens (tertiary/aromatic N) is 2. The van der Waals surface area contributed by atoms with Crippen LogP contribution in [0.5, 0.6) is 0 Å². The summed E-state index contributed by atoms with van der Waals surface area (Å²) in [7, 11) is -6.79. The number of carbonyl (C=O) groups is 1. The summed E-state index contributed by atoms with van der Waals surface area (Å²) < 4.78 is 41.8. The molecule has 3 unspecified atom stereocenters. The highest BCUT2D eigenvalue weighted by Crippen LogP contribution is 2.39. The molecule has 0 aromatic heterocycles. The van der Waals surface area contributed by atoms with E-state index in [1.807, 2.05) is 19.9 Å². The van der Waals surface area contributed by atoms with Crippen molar-refractivity contribution < 1.29 is 26.5 Å². The third-order valence-electron chi connectivity index (χ3n) is 5.35. The quantitative estimate of drug-likeness (QED) is 0.439. The fourth-order valence-corrected chi connectivity index (χ4v) is 4.73. The zero-order valence-electron chi connectivity index (χ0n) is 15.8. The van der Waals surface area contributed by atoms with Gasteiger partial charge in [-0.1, -0.05) is 26.8 Å². The molecule has 0 aromatic carbocycles. The minimum Gasteiger partial charge on any atom is -0.412 e. The summed E-state index contributed by atoms with van der Waals surface area (Å²) in [5.74, 6) is 0. The summed E-state index contributed by atoms with van der Waals surface area (Å²) in [6.07, 6.45) is 1.67. The average molecular weight is 393 g/mol. The van der Waals surface area contributed by atoms with E-state index in [0.717, 1.165) is 10.6 Å². The second-order valence-electron chi connectivity index (χ2n) is 8.26. The highest BCUT2D eigenvalue weighted by Gasteiger charge is 2.49. The Balaban J connectivity index is 2.23. The molecule has 0 spiro atoms. The lowest BCUT2D eigenvalue weighted by Crippen LogP contribution is -2.51. The van der Waals surface area contributed by atoms with Crippen LogP contribution in [0.2, 0.25) is 18.1 Å². The second kappa shape index (κ2) is 6.34. The first-order chi connectivity index (χ1) is 11.1. The van der Waals surface area contributed by atoms with Crippen LogP contribution < -0.4 is 0 Å². The Morgan fingerprint density at radius 2 is 1.92 bits per heavy atom. The molecule has 0 aromatic rings. The summed E-state index contributed by atoms with van der Waals surface area (Å²) in [5.41, 5.74) is 0.807. The molecule has 1 N–H and O–H groups in total. The first-order valence-electron chi connectivity index (χ1n) is 8.27. The van der Waals surface area contributed by atoms with E-state index in [2.05, 4.69) is 38.1 Å². The normalized spacial score (nSPS) is 26.1. The molecule has 2 amide bonds. The number of hydroxylamine groups is 2. The van der Waals surface area contributed by atoms with Crippen molar-refractivity contribution in [3.63, 3.8) is 0 Å². The van der Waals surface area contributed by atoms with Crippen molar-refractivity contribution in [2.75, 3.05) is 6.54 Å². The maximum atomic E-state index is 12.6.